The van der Waals surface area contributed by atoms with Crippen LogP contribution in [0.15, 0.2) is 39.9 Å². The van der Waals surface area contributed by atoms with Crippen molar-refractivity contribution in [3.8, 4) is 0 Å². The Kier molecular flexibility index (Phi) is 9.34. The molecule has 0 spiro atoms. The highest BCUT2D eigenvalue weighted by Gasteiger charge is 2.62. The number of carbonyl (C=O) groups is 2. The van der Waals surface area contributed by atoms with Crippen LogP contribution in [-0.2, 0) is 25.0 Å². The van der Waals surface area contributed by atoms with Crippen molar-refractivity contribution >= 4 is 50.5 Å². The Labute approximate surface area is 233 Å². The van der Waals surface area contributed by atoms with Gasteiger partial charge in [-0.15, -0.1) is 0 Å². The Hall–Kier alpha value is -2.70. The number of aryl methyl sites for hydroxylation is 1. The van der Waals surface area contributed by atoms with Gasteiger partial charge in [-0.05, 0) is 48.7 Å². The number of nitrogens with zero attached hydrogens (tertiary/aromatic N) is 2. The lowest BCUT2D eigenvalue weighted by Crippen LogP contribution is -2.42. The third kappa shape index (κ3) is 6.90. The summed E-state index contributed by atoms with van der Waals surface area (Å²) in [6, 6.07) is 5.71. The molecule has 0 saturated carbocycles. The van der Waals surface area contributed by atoms with Gasteiger partial charge >= 0.3 is 6.18 Å². The molecular formula is C25H25Cl2F4N3O4S. The molecule has 39 heavy (non-hydrogen) atoms. The van der Waals surface area contributed by atoms with Crippen LogP contribution in [-0.4, -0.2) is 46.5 Å². The normalized spacial score (nSPS) is 18.6. The van der Waals surface area contributed by atoms with E-state index in [1.807, 2.05) is 6.92 Å². The largest absolute Gasteiger partial charge is 0.435 e. The molecule has 14 heteroatoms. The predicted octanol–water partition coefficient (Wildman–Crippen LogP) is 6.18. The van der Waals surface area contributed by atoms with Gasteiger partial charge < -0.3 is 10.2 Å². The molecule has 0 radical (unpaired) electrons. The molecule has 3 rings (SSSR count). The SMILES string of the molecule is CCCNC(=O)CCS(C)(=O)=NC(=O)c1ccc(C2=NOC(c3cc(Cl)c(F)c(Cl)c3)(C(F)(F)F)C2)cc1C. The molecule has 1 heterocycles. The first-order valence-electron chi connectivity index (χ1n) is 11.7. The quantitative estimate of drug-likeness (QED) is 0.285. The van der Waals surface area contributed by atoms with Crippen molar-refractivity contribution in [2.75, 3.05) is 18.6 Å². The zero-order chi connectivity index (χ0) is 29.2. The molecular weight excluding hydrogens is 585 g/mol. The number of hydrogen-bond donors (Lipinski definition) is 1. The smallest absolute Gasteiger partial charge is 0.374 e. The van der Waals surface area contributed by atoms with Gasteiger partial charge in [-0.1, -0.05) is 41.3 Å². The summed E-state index contributed by atoms with van der Waals surface area (Å²) >= 11 is 11.5. The molecule has 2 aromatic carbocycles. The fourth-order valence-corrected chi connectivity index (χ4v) is 5.43. The number of oxime groups is 1. The van der Waals surface area contributed by atoms with Gasteiger partial charge in [-0.25, -0.2) is 8.60 Å². The number of halogens is 6. The molecule has 1 aliphatic rings. The van der Waals surface area contributed by atoms with Crippen LogP contribution in [0.3, 0.4) is 0 Å². The molecule has 1 N–H and O–H groups in total. The molecule has 1 aliphatic heterocycles. The second kappa shape index (κ2) is 11.8. The van der Waals surface area contributed by atoms with Crippen molar-refractivity contribution < 1.29 is 36.2 Å². The highest BCUT2D eigenvalue weighted by atomic mass is 35.5. The average Bonchev–Trinajstić information content (AvgIpc) is 3.31. The number of hydrogen-bond acceptors (Lipinski definition) is 5. The van der Waals surface area contributed by atoms with Crippen LogP contribution in [0.5, 0.6) is 0 Å². The Morgan fingerprint density at radius 2 is 1.85 bits per heavy atom. The highest BCUT2D eigenvalue weighted by Crippen LogP contribution is 2.50. The molecule has 7 nitrogen and oxygen atoms in total. The number of carbonyl (C=O) groups excluding carboxylic acids is 2. The summed E-state index contributed by atoms with van der Waals surface area (Å²) in [5.74, 6) is -2.26. The molecule has 2 aromatic rings. The van der Waals surface area contributed by atoms with E-state index in [-0.39, 0.29) is 34.9 Å². The third-order valence-electron chi connectivity index (χ3n) is 5.98. The molecule has 0 fully saturated rings. The van der Waals surface area contributed by atoms with Crippen LogP contribution in [0.4, 0.5) is 17.6 Å². The topological polar surface area (TPSA) is 97.2 Å². The summed E-state index contributed by atoms with van der Waals surface area (Å²) in [6.07, 6.45) is -3.78. The van der Waals surface area contributed by atoms with E-state index in [1.165, 1.54) is 31.4 Å². The average molecular weight is 610 g/mol. The second-order valence-corrected chi connectivity index (χ2v) is 12.4. The number of benzene rings is 2. The molecule has 0 aromatic heterocycles. The first-order chi connectivity index (χ1) is 18.1. The van der Waals surface area contributed by atoms with Crippen molar-refractivity contribution in [3.05, 3.63) is 68.4 Å². The van der Waals surface area contributed by atoms with Crippen molar-refractivity contribution in [2.24, 2.45) is 9.52 Å². The summed E-state index contributed by atoms with van der Waals surface area (Å²) < 4.78 is 73.1. The van der Waals surface area contributed by atoms with Crippen LogP contribution in [0.2, 0.25) is 10.0 Å². The number of rotatable bonds is 8. The second-order valence-electron chi connectivity index (χ2n) is 9.07. The van der Waals surface area contributed by atoms with E-state index in [1.54, 1.807) is 0 Å². The molecule has 2 amide bonds. The van der Waals surface area contributed by atoms with Gasteiger partial charge in [0.1, 0.15) is 0 Å². The van der Waals surface area contributed by atoms with Gasteiger partial charge in [0.2, 0.25) is 5.91 Å². The van der Waals surface area contributed by atoms with Crippen molar-refractivity contribution in [1.29, 1.82) is 0 Å². The van der Waals surface area contributed by atoms with Crippen molar-refractivity contribution in [1.82, 2.24) is 5.32 Å². The molecule has 0 aliphatic carbocycles. The first-order valence-corrected chi connectivity index (χ1v) is 14.5. The van der Waals surface area contributed by atoms with E-state index in [0.717, 1.165) is 18.6 Å². The Bertz CT molecular complexity index is 1430. The molecule has 0 saturated heterocycles. The summed E-state index contributed by atoms with van der Waals surface area (Å²) in [4.78, 5) is 29.4. The summed E-state index contributed by atoms with van der Waals surface area (Å²) in [7, 11) is -3.02. The van der Waals surface area contributed by atoms with Gasteiger partial charge in [0, 0.05) is 42.5 Å². The molecule has 212 valence electrons. The predicted molar refractivity (Wildman–Crippen MR) is 141 cm³/mol. The number of nitrogens with one attached hydrogen (secondary N) is 1. The Balaban J connectivity index is 1.84. The van der Waals surface area contributed by atoms with Gasteiger partial charge in [0.25, 0.3) is 11.5 Å². The third-order valence-corrected chi connectivity index (χ3v) is 8.05. The Morgan fingerprint density at radius 1 is 1.21 bits per heavy atom. The maximum Gasteiger partial charge on any atom is 0.435 e. The first kappa shape index (κ1) is 30.8. The van der Waals surface area contributed by atoms with Crippen LogP contribution in [0, 0.1) is 12.7 Å². The fraction of sp³-hybridized carbons (Fsp3) is 0.400. The lowest BCUT2D eigenvalue weighted by atomic mass is 9.86. The number of amides is 2. The van der Waals surface area contributed by atoms with E-state index >= 15 is 0 Å². The van der Waals surface area contributed by atoms with Crippen molar-refractivity contribution in [3.63, 3.8) is 0 Å². The minimum absolute atomic E-state index is 0.0602. The maximum absolute atomic E-state index is 14.2. The van der Waals surface area contributed by atoms with Gasteiger partial charge in [0.15, 0.2) is 5.82 Å². The van der Waals surface area contributed by atoms with Crippen LogP contribution in [0.1, 0.15) is 53.2 Å². The van der Waals surface area contributed by atoms with E-state index in [2.05, 4.69) is 14.8 Å². The fourth-order valence-electron chi connectivity index (χ4n) is 3.84. The van der Waals surface area contributed by atoms with Crippen LogP contribution in [0.25, 0.3) is 0 Å². The zero-order valence-electron chi connectivity index (χ0n) is 21.1. The summed E-state index contributed by atoms with van der Waals surface area (Å²) in [5, 5.41) is 5.09. The van der Waals surface area contributed by atoms with Crippen LogP contribution < -0.4 is 5.32 Å². The van der Waals surface area contributed by atoms with E-state index in [4.69, 9.17) is 28.0 Å². The number of alkyl halides is 3. The molecule has 0 bridgehead atoms. The van der Waals surface area contributed by atoms with E-state index in [9.17, 15) is 31.4 Å². The minimum atomic E-state index is -4.97. The highest BCUT2D eigenvalue weighted by molar-refractivity contribution is 7.93. The molecule has 2 unspecified atom stereocenters. The van der Waals surface area contributed by atoms with Gasteiger partial charge in [-0.2, -0.15) is 17.5 Å². The lowest BCUT2D eigenvalue weighted by molar-refractivity contribution is -0.275. The monoisotopic (exact) mass is 609 g/mol. The van der Waals surface area contributed by atoms with Crippen LogP contribution >= 0.6 is 23.2 Å². The summed E-state index contributed by atoms with van der Waals surface area (Å²) in [5.41, 5.74) is -2.90. The Morgan fingerprint density at radius 3 is 2.41 bits per heavy atom. The van der Waals surface area contributed by atoms with E-state index in [0.29, 0.717) is 12.1 Å². The zero-order valence-corrected chi connectivity index (χ0v) is 23.5. The molecule has 2 atom stereocenters. The summed E-state index contributed by atoms with van der Waals surface area (Å²) in [6.45, 7) is 3.91. The lowest BCUT2D eigenvalue weighted by Gasteiger charge is -2.29. The van der Waals surface area contributed by atoms with Gasteiger partial charge in [0.05, 0.1) is 25.5 Å². The maximum atomic E-state index is 14.2. The van der Waals surface area contributed by atoms with E-state index < -0.39 is 55.3 Å². The standard InChI is InChI=1S/C25H25Cl2F4N3O4S/c1-4-8-32-21(35)7-9-39(3,37)34-23(36)17-6-5-15(10-14(17)2)20-13-24(38-33-20,25(29,30)31)16-11-18(26)22(28)19(27)12-16/h5-6,10-12H,4,7-9,13H2,1-3H3,(H,32,35). The minimum Gasteiger partial charge on any atom is -0.374 e. The van der Waals surface area contributed by atoms with Gasteiger partial charge in [-0.3, -0.25) is 9.59 Å². The van der Waals surface area contributed by atoms with Crippen molar-refractivity contribution in [2.45, 2.75) is 44.9 Å².